The fraction of sp³-hybridized carbons (Fsp3) is 0.300. The minimum atomic E-state index is -4.45. The summed E-state index contributed by atoms with van der Waals surface area (Å²) in [5.74, 6) is 1.64. The van der Waals surface area contributed by atoms with E-state index in [1.807, 2.05) is 0 Å². The molecule has 0 unspecified atom stereocenters. The monoisotopic (exact) mass is 472 g/mol. The summed E-state index contributed by atoms with van der Waals surface area (Å²) in [5, 5.41) is 3.76. The van der Waals surface area contributed by atoms with Gasteiger partial charge in [0.15, 0.2) is 6.61 Å². The third-order valence-electron chi connectivity index (χ3n) is 3.97. The molecule has 0 aliphatic rings. The predicted octanol–water partition coefficient (Wildman–Crippen LogP) is 5.55. The molecule has 0 spiro atoms. The molecule has 3 rings (SSSR count). The zero-order valence-electron chi connectivity index (χ0n) is 16.5. The molecule has 0 saturated carbocycles. The Morgan fingerprint density at radius 2 is 1.94 bits per heavy atom. The molecule has 0 radical (unpaired) electrons. The highest BCUT2D eigenvalue weighted by atomic mass is 35.5. The van der Waals surface area contributed by atoms with Crippen molar-refractivity contribution in [3.63, 3.8) is 0 Å². The van der Waals surface area contributed by atoms with Crippen molar-refractivity contribution in [3.8, 4) is 11.5 Å². The molecule has 6 nitrogen and oxygen atoms in total. The molecule has 1 aromatic heterocycles. The number of anilines is 2. The Kier molecular flexibility index (Phi) is 8.05. The summed E-state index contributed by atoms with van der Waals surface area (Å²) >= 11 is 6.99. The number of hydrogen-bond acceptors (Lipinski definition) is 7. The average Bonchev–Trinajstić information content (AvgIpc) is 2.73. The van der Waals surface area contributed by atoms with Crippen LogP contribution >= 0.6 is 23.5 Å². The number of aromatic nitrogens is 2. The van der Waals surface area contributed by atoms with Crippen LogP contribution in [0, 0.1) is 0 Å². The Labute approximate surface area is 186 Å². The van der Waals surface area contributed by atoms with Gasteiger partial charge in [-0.1, -0.05) is 0 Å². The Morgan fingerprint density at radius 3 is 2.68 bits per heavy atom. The Balaban J connectivity index is 1.90. The van der Waals surface area contributed by atoms with E-state index in [1.54, 1.807) is 37.4 Å². The number of nitrogens with zero attached hydrogens (tertiary/aromatic N) is 2. The second kappa shape index (κ2) is 10.7. The van der Waals surface area contributed by atoms with E-state index in [1.165, 1.54) is 24.3 Å². The van der Waals surface area contributed by atoms with Gasteiger partial charge in [-0.25, -0.2) is 9.97 Å². The predicted molar refractivity (Wildman–Crippen MR) is 117 cm³/mol. The summed E-state index contributed by atoms with van der Waals surface area (Å²) in [6.45, 7) is -0.908. The molecule has 0 aliphatic carbocycles. The van der Waals surface area contributed by atoms with Crippen molar-refractivity contribution in [1.29, 1.82) is 0 Å². The molecule has 166 valence electrons. The maximum absolute atomic E-state index is 12.7. The van der Waals surface area contributed by atoms with Crippen LogP contribution in [0.4, 0.5) is 24.7 Å². The number of ether oxygens (including phenoxy) is 2. The Hall–Kier alpha value is -2.43. The maximum Gasteiger partial charge on any atom is 0.422 e. The summed E-state index contributed by atoms with van der Waals surface area (Å²) in [5.41, 5.74) is 0.978. The lowest BCUT2D eigenvalue weighted by Gasteiger charge is -2.16. The first-order chi connectivity index (χ1) is 14.9. The van der Waals surface area contributed by atoms with Gasteiger partial charge in [0.2, 0.25) is 0 Å². The van der Waals surface area contributed by atoms with Crippen LogP contribution in [0.15, 0.2) is 47.6 Å². The topological polar surface area (TPSA) is 68.3 Å². The molecule has 0 saturated heterocycles. The lowest BCUT2D eigenvalue weighted by atomic mass is 10.2. The van der Waals surface area contributed by atoms with Gasteiger partial charge < -0.3 is 14.8 Å². The van der Waals surface area contributed by atoms with Crippen LogP contribution in [-0.2, 0) is 0 Å². The first kappa shape index (κ1) is 23.2. The van der Waals surface area contributed by atoms with Crippen LogP contribution in [0.2, 0.25) is 0 Å². The largest absolute Gasteiger partial charge is 0.493 e. The zero-order valence-corrected chi connectivity index (χ0v) is 18.1. The van der Waals surface area contributed by atoms with E-state index in [9.17, 15) is 13.2 Å². The van der Waals surface area contributed by atoms with E-state index in [2.05, 4.69) is 20.0 Å². The third kappa shape index (κ3) is 6.78. The second-order valence-electron chi connectivity index (χ2n) is 6.29. The lowest BCUT2D eigenvalue weighted by molar-refractivity contribution is -0.153. The van der Waals surface area contributed by atoms with Crippen molar-refractivity contribution in [2.45, 2.75) is 17.5 Å². The number of rotatable bonds is 10. The van der Waals surface area contributed by atoms with Gasteiger partial charge in [-0.15, -0.1) is 11.6 Å². The number of alkyl halides is 4. The highest BCUT2D eigenvalue weighted by Crippen LogP contribution is 2.34. The van der Waals surface area contributed by atoms with Gasteiger partial charge in [0.05, 0.1) is 17.8 Å². The molecule has 2 N–H and O–H groups in total. The zero-order chi connectivity index (χ0) is 22.3. The smallest absolute Gasteiger partial charge is 0.422 e. The molecule has 2 aromatic carbocycles. The van der Waals surface area contributed by atoms with Gasteiger partial charge in [-0.3, -0.25) is 4.72 Å². The molecular formula is C20H20ClF3N4O2S. The summed E-state index contributed by atoms with van der Waals surface area (Å²) in [4.78, 5) is 9.30. The van der Waals surface area contributed by atoms with Gasteiger partial charge in [-0.2, -0.15) is 13.2 Å². The average molecular weight is 473 g/mol. The first-order valence-corrected chi connectivity index (χ1v) is 10.6. The van der Waals surface area contributed by atoms with Gasteiger partial charge in [0.1, 0.15) is 23.6 Å². The highest BCUT2D eigenvalue weighted by molar-refractivity contribution is 7.97. The molecule has 0 bridgehead atoms. The number of benzene rings is 2. The molecule has 0 aliphatic heterocycles. The van der Waals surface area contributed by atoms with E-state index >= 15 is 0 Å². The fourth-order valence-electron chi connectivity index (χ4n) is 2.67. The van der Waals surface area contributed by atoms with E-state index in [4.69, 9.17) is 21.1 Å². The van der Waals surface area contributed by atoms with Crippen molar-refractivity contribution < 1.29 is 22.6 Å². The Morgan fingerprint density at radius 1 is 1.10 bits per heavy atom. The minimum absolute atomic E-state index is 0.0607. The van der Waals surface area contributed by atoms with E-state index in [0.29, 0.717) is 40.6 Å². The molecule has 0 fully saturated rings. The minimum Gasteiger partial charge on any atom is -0.493 e. The summed E-state index contributed by atoms with van der Waals surface area (Å²) < 4.78 is 51.5. The molecule has 31 heavy (non-hydrogen) atoms. The molecule has 1 heterocycles. The summed E-state index contributed by atoms with van der Waals surface area (Å²) in [6, 6.07) is 10.2. The number of nitrogens with one attached hydrogen (secondary N) is 2. The lowest BCUT2D eigenvalue weighted by Crippen LogP contribution is -2.19. The van der Waals surface area contributed by atoms with Crippen LogP contribution in [0.25, 0.3) is 10.9 Å². The first-order valence-electron chi connectivity index (χ1n) is 9.27. The van der Waals surface area contributed by atoms with Crippen LogP contribution in [0.3, 0.4) is 0 Å². The maximum atomic E-state index is 12.7. The van der Waals surface area contributed by atoms with E-state index < -0.39 is 12.8 Å². The fourth-order valence-corrected chi connectivity index (χ4v) is 3.33. The van der Waals surface area contributed by atoms with Crippen LogP contribution in [0.1, 0.15) is 6.42 Å². The van der Waals surface area contributed by atoms with E-state index in [0.717, 1.165) is 11.3 Å². The second-order valence-corrected chi connectivity index (χ2v) is 7.75. The summed E-state index contributed by atoms with van der Waals surface area (Å²) in [6.07, 6.45) is -2.36. The Bertz CT molecular complexity index is 1020. The number of hydrogen-bond donors (Lipinski definition) is 2. The normalized spacial score (nSPS) is 11.5. The van der Waals surface area contributed by atoms with Gasteiger partial charge >= 0.3 is 6.18 Å². The van der Waals surface area contributed by atoms with Crippen molar-refractivity contribution >= 4 is 46.0 Å². The molecule has 0 atom stereocenters. The van der Waals surface area contributed by atoms with Crippen molar-refractivity contribution in [1.82, 2.24) is 14.7 Å². The molecule has 11 heteroatoms. The number of fused-ring (bicyclic) bond motifs is 1. The SMILES string of the molecule is CNSc1ccc(OCC(F)(F)F)c(Nc2ncnc3cc(OCCCCl)ccc23)c1. The van der Waals surface area contributed by atoms with Gasteiger partial charge in [0.25, 0.3) is 0 Å². The van der Waals surface area contributed by atoms with Crippen LogP contribution < -0.4 is 19.5 Å². The number of halogens is 4. The van der Waals surface area contributed by atoms with Gasteiger partial charge in [-0.05, 0) is 55.7 Å². The third-order valence-corrected chi connectivity index (χ3v) is 4.93. The summed E-state index contributed by atoms with van der Waals surface area (Å²) in [7, 11) is 1.75. The van der Waals surface area contributed by atoms with Crippen molar-refractivity contribution in [2.75, 3.05) is 31.5 Å². The van der Waals surface area contributed by atoms with Crippen LogP contribution in [-0.4, -0.2) is 42.3 Å². The van der Waals surface area contributed by atoms with Crippen molar-refractivity contribution in [3.05, 3.63) is 42.7 Å². The molecular weight excluding hydrogens is 453 g/mol. The highest BCUT2D eigenvalue weighted by Gasteiger charge is 2.29. The molecule has 3 aromatic rings. The van der Waals surface area contributed by atoms with E-state index in [-0.39, 0.29) is 5.75 Å². The van der Waals surface area contributed by atoms with Crippen LogP contribution in [0.5, 0.6) is 11.5 Å². The molecule has 0 amide bonds. The van der Waals surface area contributed by atoms with Crippen molar-refractivity contribution in [2.24, 2.45) is 0 Å². The van der Waals surface area contributed by atoms with Gasteiger partial charge in [0, 0.05) is 22.2 Å². The standard InChI is InChI=1S/C20H20ClF3N4O2S/c1-25-31-14-4-6-18(30-11-20(22,23)24)17(10-14)28-19-15-5-3-13(29-8-2-7-21)9-16(15)26-12-27-19/h3-6,9-10,12,25H,2,7-8,11H2,1H3,(H,26,27,28). The quantitative estimate of drug-likeness (QED) is 0.228.